The minimum absolute atomic E-state index is 0.0320. The van der Waals surface area contributed by atoms with E-state index in [1.165, 1.54) is 0 Å². The van der Waals surface area contributed by atoms with E-state index in [1.807, 2.05) is 81.8 Å². The van der Waals surface area contributed by atoms with Gasteiger partial charge < -0.3 is 28.9 Å². The zero-order valence-corrected chi connectivity index (χ0v) is 24.8. The number of hydrogen-bond acceptors (Lipinski definition) is 6. The fourth-order valence-electron chi connectivity index (χ4n) is 5.97. The van der Waals surface area contributed by atoms with Crippen molar-refractivity contribution in [3.8, 4) is 0 Å². The molecule has 5 atom stereocenters. The maximum Gasteiger partial charge on any atom is 0.340 e. The molecule has 0 amide bonds. The molecule has 0 bridgehead atoms. The van der Waals surface area contributed by atoms with Crippen LogP contribution in [-0.2, 0) is 19.6 Å². The first-order chi connectivity index (χ1) is 20.7. The molecular weight excluding hydrogens is 542 g/mol. The van der Waals surface area contributed by atoms with E-state index >= 15 is 0 Å². The Morgan fingerprint density at radius 2 is 1.16 bits per heavy atom. The summed E-state index contributed by atoms with van der Waals surface area (Å²) in [4.78, 5) is 13.0. The van der Waals surface area contributed by atoms with Gasteiger partial charge in [-0.2, -0.15) is 0 Å². The van der Waals surface area contributed by atoms with Crippen LogP contribution < -0.4 is 0 Å². The number of aliphatic hydroxyl groups is 2. The molecule has 1 heterocycles. The summed E-state index contributed by atoms with van der Waals surface area (Å²) in [6.07, 6.45) is -4.53. The Bertz CT molecular complexity index is 1350. The third-order valence-electron chi connectivity index (χ3n) is 8.20. The van der Waals surface area contributed by atoms with Crippen molar-refractivity contribution in [3.05, 3.63) is 144 Å². The Labute approximate surface area is 253 Å². The smallest absolute Gasteiger partial charge is 0.340 e. The van der Waals surface area contributed by atoms with Gasteiger partial charge in [0.15, 0.2) is 6.04 Å². The van der Waals surface area contributed by atoms with E-state index in [9.17, 15) is 15.0 Å². The highest BCUT2D eigenvalue weighted by atomic mass is 16.7. The Morgan fingerprint density at radius 3 is 1.60 bits per heavy atom. The van der Waals surface area contributed by atoms with Crippen LogP contribution in [0.5, 0.6) is 0 Å². The summed E-state index contributed by atoms with van der Waals surface area (Å²) < 4.78 is 18.7. The summed E-state index contributed by atoms with van der Waals surface area (Å²) in [6.45, 7) is 0.205. The molecule has 7 heteroatoms. The number of esters is 1. The van der Waals surface area contributed by atoms with E-state index in [4.69, 9.17) is 14.2 Å². The largest absolute Gasteiger partial charge is 0.425 e. The first-order valence-corrected chi connectivity index (χ1v) is 14.5. The number of ether oxygens (including phenoxy) is 3. The van der Waals surface area contributed by atoms with E-state index in [1.54, 1.807) is 24.3 Å². The summed E-state index contributed by atoms with van der Waals surface area (Å²) in [5.41, 5.74) is 2.87. The molecule has 0 saturated carbocycles. The second-order valence-corrected chi connectivity index (χ2v) is 11.9. The minimum Gasteiger partial charge on any atom is -0.425 e. The normalized spacial score (nSPS) is 22.6. The molecule has 0 unspecified atom stereocenters. The van der Waals surface area contributed by atoms with Crippen LogP contribution in [0.1, 0.15) is 27.0 Å². The number of quaternary nitrogens is 1. The van der Waals surface area contributed by atoms with Crippen LogP contribution in [0.2, 0.25) is 0 Å². The number of likely N-dealkylation sites (N-methyl/N-ethyl adjacent to an activating group) is 1. The summed E-state index contributed by atoms with van der Waals surface area (Å²) >= 11 is 0. The fourth-order valence-corrected chi connectivity index (χ4v) is 5.97. The van der Waals surface area contributed by atoms with Crippen LogP contribution in [0.15, 0.2) is 121 Å². The van der Waals surface area contributed by atoms with Crippen molar-refractivity contribution in [1.82, 2.24) is 0 Å². The van der Waals surface area contributed by atoms with E-state index < -0.39 is 42.0 Å². The van der Waals surface area contributed by atoms with Crippen molar-refractivity contribution in [1.29, 1.82) is 0 Å². The maximum atomic E-state index is 13.0. The monoisotopic (exact) mass is 582 g/mol. The first-order valence-electron chi connectivity index (χ1n) is 14.5. The molecule has 5 rings (SSSR count). The molecule has 4 aromatic carbocycles. The molecule has 43 heavy (non-hydrogen) atoms. The minimum atomic E-state index is -1.26. The summed E-state index contributed by atoms with van der Waals surface area (Å²) in [7, 11) is 5.58. The predicted molar refractivity (Wildman–Crippen MR) is 164 cm³/mol. The molecule has 1 aliphatic rings. The lowest BCUT2D eigenvalue weighted by atomic mass is 9.70. The van der Waals surface area contributed by atoms with Gasteiger partial charge >= 0.3 is 5.97 Å². The van der Waals surface area contributed by atoms with Crippen molar-refractivity contribution < 1.29 is 33.7 Å². The molecular formula is C36H40NO6+. The van der Waals surface area contributed by atoms with Gasteiger partial charge in [-0.25, -0.2) is 4.79 Å². The first kappa shape index (κ1) is 30.6. The van der Waals surface area contributed by atoms with E-state index in [-0.39, 0.29) is 17.7 Å². The predicted octanol–water partition coefficient (Wildman–Crippen LogP) is 4.42. The number of rotatable bonds is 10. The molecule has 1 saturated heterocycles. The van der Waals surface area contributed by atoms with Crippen molar-refractivity contribution in [3.63, 3.8) is 0 Å². The molecule has 0 aromatic heterocycles. The standard InChI is InChI=1S/C36H40NO6/c1-37(2,3)31-33(39)32(38)30(42-35(31)43-34(40)26-16-8-4-9-17-26)24-41-25-36(27-18-10-5-11-19-27,28-20-12-6-13-21-28)29-22-14-7-15-23-29/h4-23,30-33,35,38-39H,24-25H2,1-3H3/q+1/t30-,31-,32-,33-,35-/m1/s1. The van der Waals surface area contributed by atoms with Crippen LogP contribution in [-0.4, -0.2) is 85.7 Å². The highest BCUT2D eigenvalue weighted by molar-refractivity contribution is 5.89. The molecule has 0 aliphatic carbocycles. The van der Waals surface area contributed by atoms with Crippen molar-refractivity contribution in [2.75, 3.05) is 34.4 Å². The summed E-state index contributed by atoms with van der Waals surface area (Å²) in [6, 6.07) is 38.5. The number of benzene rings is 4. The molecule has 7 nitrogen and oxygen atoms in total. The third-order valence-corrected chi connectivity index (χ3v) is 8.20. The molecule has 224 valence electrons. The van der Waals surface area contributed by atoms with Gasteiger partial charge in [0.2, 0.25) is 0 Å². The number of carbonyl (C=O) groups is 1. The van der Waals surface area contributed by atoms with Gasteiger partial charge in [0.1, 0.15) is 18.3 Å². The van der Waals surface area contributed by atoms with Gasteiger partial charge in [0, 0.05) is 0 Å². The molecule has 1 fully saturated rings. The van der Waals surface area contributed by atoms with Crippen LogP contribution in [0, 0.1) is 0 Å². The Hall–Kier alpha value is -3.85. The summed E-state index contributed by atoms with van der Waals surface area (Å²) in [5, 5.41) is 22.5. The van der Waals surface area contributed by atoms with Gasteiger partial charge in [-0.3, -0.25) is 0 Å². The second kappa shape index (κ2) is 13.2. The van der Waals surface area contributed by atoms with Gasteiger partial charge in [-0.1, -0.05) is 109 Å². The van der Waals surface area contributed by atoms with Crippen LogP contribution in [0.3, 0.4) is 0 Å². The zero-order valence-electron chi connectivity index (χ0n) is 24.8. The highest BCUT2D eigenvalue weighted by Gasteiger charge is 2.53. The number of hydrogen-bond donors (Lipinski definition) is 2. The van der Waals surface area contributed by atoms with Crippen LogP contribution in [0.4, 0.5) is 0 Å². The van der Waals surface area contributed by atoms with Gasteiger partial charge in [0.25, 0.3) is 6.29 Å². The topological polar surface area (TPSA) is 85.2 Å². The van der Waals surface area contributed by atoms with Gasteiger partial charge in [-0.05, 0) is 28.8 Å². The number of nitrogens with zero attached hydrogens (tertiary/aromatic N) is 1. The summed E-state index contributed by atoms with van der Waals surface area (Å²) in [5.74, 6) is -0.566. The van der Waals surface area contributed by atoms with Crippen LogP contribution >= 0.6 is 0 Å². The Kier molecular flexibility index (Phi) is 9.40. The van der Waals surface area contributed by atoms with E-state index in [0.717, 1.165) is 16.7 Å². The van der Waals surface area contributed by atoms with Crippen molar-refractivity contribution in [2.45, 2.75) is 36.1 Å². The van der Waals surface area contributed by atoms with E-state index in [2.05, 4.69) is 36.4 Å². The fraction of sp³-hybridized carbons (Fsp3) is 0.306. The third kappa shape index (κ3) is 6.56. The molecule has 2 N–H and O–H groups in total. The lowest BCUT2D eigenvalue weighted by molar-refractivity contribution is -0.909. The average molecular weight is 583 g/mol. The molecule has 0 spiro atoms. The lowest BCUT2D eigenvalue weighted by Gasteiger charge is -2.47. The zero-order chi connectivity index (χ0) is 30.5. The van der Waals surface area contributed by atoms with Crippen molar-refractivity contribution >= 4 is 5.97 Å². The number of carbonyl (C=O) groups excluding carboxylic acids is 1. The second-order valence-electron chi connectivity index (χ2n) is 11.9. The molecule has 4 aromatic rings. The van der Waals surface area contributed by atoms with E-state index in [0.29, 0.717) is 5.56 Å². The number of aliphatic hydroxyl groups excluding tert-OH is 2. The maximum absolute atomic E-state index is 13.0. The average Bonchev–Trinajstić information content (AvgIpc) is 3.02. The van der Waals surface area contributed by atoms with Crippen LogP contribution in [0.25, 0.3) is 0 Å². The lowest BCUT2D eigenvalue weighted by Crippen LogP contribution is -2.68. The van der Waals surface area contributed by atoms with Crippen molar-refractivity contribution in [2.24, 2.45) is 0 Å². The highest BCUT2D eigenvalue weighted by Crippen LogP contribution is 2.40. The van der Waals surface area contributed by atoms with Gasteiger partial charge in [0.05, 0.1) is 45.3 Å². The quantitative estimate of drug-likeness (QED) is 0.164. The SMILES string of the molecule is C[N+](C)(C)[C@H]1[C@@H](OC(=O)c2ccccc2)O[C@H](COCC(c2ccccc2)(c2ccccc2)c2ccccc2)[C@@H](O)[C@@H]1O. The Morgan fingerprint density at radius 1 is 0.721 bits per heavy atom. The Balaban J connectivity index is 1.42. The molecule has 0 radical (unpaired) electrons. The molecule has 1 aliphatic heterocycles. The van der Waals surface area contributed by atoms with Gasteiger partial charge in [-0.15, -0.1) is 0 Å².